The summed E-state index contributed by atoms with van der Waals surface area (Å²) in [5, 5.41) is 3.01. The Kier molecular flexibility index (Phi) is 7.05. The minimum atomic E-state index is -3.21. The highest BCUT2D eigenvalue weighted by molar-refractivity contribution is 7.90. The van der Waals surface area contributed by atoms with Gasteiger partial charge in [0.1, 0.15) is 0 Å². The molecule has 0 saturated carbocycles. The zero-order chi connectivity index (χ0) is 20.9. The van der Waals surface area contributed by atoms with Gasteiger partial charge in [0.2, 0.25) is 5.91 Å². The first-order chi connectivity index (χ1) is 13.8. The van der Waals surface area contributed by atoms with Gasteiger partial charge in [-0.3, -0.25) is 14.6 Å². The summed E-state index contributed by atoms with van der Waals surface area (Å²) in [6, 6.07) is 16.9. The second-order valence-electron chi connectivity index (χ2n) is 7.67. The number of rotatable bonds is 7. The molecule has 0 radical (unpaired) electrons. The highest BCUT2D eigenvalue weighted by Gasteiger charge is 2.20. The van der Waals surface area contributed by atoms with Gasteiger partial charge >= 0.3 is 0 Å². The molecule has 0 aliphatic carbocycles. The minimum Gasteiger partial charge on any atom is -0.348 e. The average molecular weight is 416 g/mol. The molecule has 1 saturated heterocycles. The maximum absolute atomic E-state index is 12.4. The van der Waals surface area contributed by atoms with Crippen molar-refractivity contribution in [3.63, 3.8) is 0 Å². The maximum atomic E-state index is 12.4. The Labute approximate surface area is 173 Å². The Bertz CT molecular complexity index is 906. The molecule has 29 heavy (non-hydrogen) atoms. The van der Waals surface area contributed by atoms with E-state index in [9.17, 15) is 13.2 Å². The number of carbonyl (C=O) groups excluding carboxylic acids is 1. The van der Waals surface area contributed by atoms with Gasteiger partial charge in [-0.15, -0.1) is 0 Å². The van der Waals surface area contributed by atoms with Crippen molar-refractivity contribution in [3.8, 4) is 0 Å². The Morgan fingerprint density at radius 3 is 2.14 bits per heavy atom. The smallest absolute Gasteiger partial charge is 0.234 e. The largest absolute Gasteiger partial charge is 0.348 e. The van der Waals surface area contributed by atoms with Gasteiger partial charge in [-0.25, -0.2) is 8.42 Å². The van der Waals surface area contributed by atoms with Gasteiger partial charge in [0.05, 0.1) is 17.5 Å². The molecule has 0 aromatic heterocycles. The Balaban J connectivity index is 1.44. The Morgan fingerprint density at radius 2 is 1.55 bits per heavy atom. The molecule has 1 amide bonds. The van der Waals surface area contributed by atoms with Crippen LogP contribution in [0, 0.1) is 0 Å². The number of nitrogens with zero attached hydrogens (tertiary/aromatic N) is 2. The molecule has 7 heteroatoms. The molecule has 6 nitrogen and oxygen atoms in total. The van der Waals surface area contributed by atoms with Crippen LogP contribution in [0.5, 0.6) is 0 Å². The summed E-state index contributed by atoms with van der Waals surface area (Å²) >= 11 is 0. The van der Waals surface area contributed by atoms with E-state index in [1.54, 1.807) is 24.3 Å². The van der Waals surface area contributed by atoms with E-state index in [0.29, 0.717) is 6.54 Å². The average Bonchev–Trinajstić information content (AvgIpc) is 2.69. The highest BCUT2D eigenvalue weighted by Crippen LogP contribution is 2.16. The number of amides is 1. The standard InChI is InChI=1S/C22H29N3O3S/c1-18(20-8-10-21(11-9-20)29(2,27)28)23-22(26)17-25-14-12-24(13-15-25)16-19-6-4-3-5-7-19/h3-11,18H,12-17H2,1-2H3,(H,23,26). The molecule has 1 aliphatic heterocycles. The number of piperazine rings is 1. The van der Waals surface area contributed by atoms with E-state index in [2.05, 4.69) is 39.4 Å². The van der Waals surface area contributed by atoms with E-state index in [1.165, 1.54) is 11.8 Å². The van der Waals surface area contributed by atoms with E-state index >= 15 is 0 Å². The van der Waals surface area contributed by atoms with Crippen LogP contribution in [0.2, 0.25) is 0 Å². The van der Waals surface area contributed by atoms with E-state index < -0.39 is 9.84 Å². The molecule has 1 atom stereocenters. The van der Waals surface area contributed by atoms with Crippen molar-refractivity contribution in [3.05, 3.63) is 65.7 Å². The summed E-state index contributed by atoms with van der Waals surface area (Å²) in [5.74, 6) is -0.0128. The van der Waals surface area contributed by atoms with Crippen LogP contribution in [-0.2, 0) is 21.2 Å². The molecule has 3 rings (SSSR count). The van der Waals surface area contributed by atoms with Gasteiger partial charge in [-0.2, -0.15) is 0 Å². The van der Waals surface area contributed by atoms with Crippen molar-refractivity contribution in [2.75, 3.05) is 39.0 Å². The predicted octanol–water partition coefficient (Wildman–Crippen LogP) is 2.09. The Hall–Kier alpha value is -2.22. The lowest BCUT2D eigenvalue weighted by Gasteiger charge is -2.34. The van der Waals surface area contributed by atoms with Crippen LogP contribution in [0.1, 0.15) is 24.1 Å². The second kappa shape index (κ2) is 9.52. The normalized spacial score (nSPS) is 17.0. The molecular weight excluding hydrogens is 386 g/mol. The molecule has 1 unspecified atom stereocenters. The molecule has 1 fully saturated rings. The van der Waals surface area contributed by atoms with Crippen LogP contribution in [0.3, 0.4) is 0 Å². The molecule has 1 aliphatic rings. The maximum Gasteiger partial charge on any atom is 0.234 e. The summed E-state index contributed by atoms with van der Waals surface area (Å²) in [5.41, 5.74) is 2.20. The number of hydrogen-bond acceptors (Lipinski definition) is 5. The van der Waals surface area contributed by atoms with Crippen molar-refractivity contribution in [1.82, 2.24) is 15.1 Å². The lowest BCUT2D eigenvalue weighted by Crippen LogP contribution is -2.49. The lowest BCUT2D eigenvalue weighted by atomic mass is 10.1. The fourth-order valence-electron chi connectivity index (χ4n) is 3.52. The first-order valence-electron chi connectivity index (χ1n) is 9.89. The third-order valence-electron chi connectivity index (χ3n) is 5.27. The highest BCUT2D eigenvalue weighted by atomic mass is 32.2. The van der Waals surface area contributed by atoms with Crippen LogP contribution >= 0.6 is 0 Å². The van der Waals surface area contributed by atoms with Gasteiger partial charge in [0.25, 0.3) is 0 Å². The number of carbonyl (C=O) groups is 1. The molecular formula is C22H29N3O3S. The number of nitrogens with one attached hydrogen (secondary N) is 1. The summed E-state index contributed by atoms with van der Waals surface area (Å²) in [6.45, 7) is 6.88. The second-order valence-corrected chi connectivity index (χ2v) is 9.68. The minimum absolute atomic E-state index is 0.0128. The molecule has 0 spiro atoms. The van der Waals surface area contributed by atoms with Gasteiger partial charge in [0, 0.05) is 39.0 Å². The topological polar surface area (TPSA) is 69.7 Å². The molecule has 2 aromatic carbocycles. The first-order valence-corrected chi connectivity index (χ1v) is 11.8. The molecule has 156 valence electrons. The SMILES string of the molecule is CC(NC(=O)CN1CCN(Cc2ccccc2)CC1)c1ccc(S(C)(=O)=O)cc1. The summed E-state index contributed by atoms with van der Waals surface area (Å²) < 4.78 is 23.1. The van der Waals surface area contributed by atoms with E-state index in [-0.39, 0.29) is 16.8 Å². The molecule has 1 heterocycles. The summed E-state index contributed by atoms with van der Waals surface area (Å²) in [6.07, 6.45) is 1.19. The van der Waals surface area contributed by atoms with Crippen molar-refractivity contribution in [2.45, 2.75) is 24.4 Å². The number of sulfone groups is 1. The van der Waals surface area contributed by atoms with Crippen LogP contribution in [-0.4, -0.2) is 63.1 Å². The van der Waals surface area contributed by atoms with Crippen LogP contribution in [0.15, 0.2) is 59.5 Å². The van der Waals surface area contributed by atoms with Gasteiger partial charge < -0.3 is 5.32 Å². The van der Waals surface area contributed by atoms with Crippen LogP contribution in [0.4, 0.5) is 0 Å². The fraction of sp³-hybridized carbons (Fsp3) is 0.409. The zero-order valence-electron chi connectivity index (χ0n) is 17.0. The molecule has 2 aromatic rings. The lowest BCUT2D eigenvalue weighted by molar-refractivity contribution is -0.123. The molecule has 1 N–H and O–H groups in total. The van der Waals surface area contributed by atoms with Crippen molar-refractivity contribution in [1.29, 1.82) is 0 Å². The number of benzene rings is 2. The predicted molar refractivity (Wildman–Crippen MR) is 114 cm³/mol. The monoisotopic (exact) mass is 415 g/mol. The zero-order valence-corrected chi connectivity index (χ0v) is 17.9. The van der Waals surface area contributed by atoms with E-state index in [0.717, 1.165) is 38.3 Å². The first kappa shape index (κ1) is 21.5. The van der Waals surface area contributed by atoms with Crippen LogP contribution < -0.4 is 5.32 Å². The van der Waals surface area contributed by atoms with E-state index in [1.807, 2.05) is 13.0 Å². The Morgan fingerprint density at radius 1 is 0.966 bits per heavy atom. The van der Waals surface area contributed by atoms with Crippen LogP contribution in [0.25, 0.3) is 0 Å². The van der Waals surface area contributed by atoms with E-state index in [4.69, 9.17) is 0 Å². The summed E-state index contributed by atoms with van der Waals surface area (Å²) in [4.78, 5) is 17.3. The quantitative estimate of drug-likeness (QED) is 0.750. The van der Waals surface area contributed by atoms with Gasteiger partial charge in [-0.05, 0) is 30.2 Å². The van der Waals surface area contributed by atoms with Gasteiger partial charge in [0.15, 0.2) is 9.84 Å². The van der Waals surface area contributed by atoms with Gasteiger partial charge in [-0.1, -0.05) is 42.5 Å². The fourth-order valence-corrected chi connectivity index (χ4v) is 4.15. The third-order valence-corrected chi connectivity index (χ3v) is 6.40. The summed E-state index contributed by atoms with van der Waals surface area (Å²) in [7, 11) is -3.21. The molecule has 0 bridgehead atoms. The van der Waals surface area contributed by atoms with Crippen molar-refractivity contribution < 1.29 is 13.2 Å². The van der Waals surface area contributed by atoms with Crippen molar-refractivity contribution in [2.24, 2.45) is 0 Å². The van der Waals surface area contributed by atoms with Crippen molar-refractivity contribution >= 4 is 15.7 Å². The third kappa shape index (κ3) is 6.39. The number of hydrogen-bond donors (Lipinski definition) is 1.